The van der Waals surface area contributed by atoms with Gasteiger partial charge in [-0.3, -0.25) is 4.79 Å². The molecule has 20 heavy (non-hydrogen) atoms. The van der Waals surface area contributed by atoms with Crippen LogP contribution in [0.5, 0.6) is 0 Å². The minimum atomic E-state index is 0.286. The Balaban J connectivity index is 1.37. The van der Waals surface area contributed by atoms with E-state index in [1.54, 1.807) is 0 Å². The highest BCUT2D eigenvalue weighted by Crippen LogP contribution is 2.48. The summed E-state index contributed by atoms with van der Waals surface area (Å²) in [4.78, 5) is 12.2. The van der Waals surface area contributed by atoms with E-state index in [1.807, 2.05) is 0 Å². The molecular formula is C17H30N2O. The fraction of sp³-hybridized carbons (Fsp3) is 0.941. The third kappa shape index (κ3) is 3.97. The van der Waals surface area contributed by atoms with Gasteiger partial charge in [-0.25, -0.2) is 0 Å². The number of carbonyl (C=O) groups excluding carboxylic acids is 1. The van der Waals surface area contributed by atoms with Crippen LogP contribution in [-0.4, -0.2) is 25.5 Å². The Bertz CT molecular complexity index is 318. The minimum Gasteiger partial charge on any atom is -0.356 e. The zero-order valence-electron chi connectivity index (χ0n) is 12.9. The number of carbonyl (C=O) groups is 1. The molecule has 0 aromatic carbocycles. The van der Waals surface area contributed by atoms with Gasteiger partial charge in [0.25, 0.3) is 0 Å². The standard InChI is InChI=1S/C17H30N2O/c1-12(15-3-2-8-18-10-15)9-17(20)19-11-16(13-4-5-13)14-6-7-14/h12-16,18H,2-11H2,1H3,(H,19,20). The summed E-state index contributed by atoms with van der Waals surface area (Å²) in [6.07, 6.45) is 8.88. The molecule has 0 radical (unpaired) electrons. The van der Waals surface area contributed by atoms with Gasteiger partial charge in [0.1, 0.15) is 0 Å². The molecule has 114 valence electrons. The molecule has 1 amide bonds. The molecule has 1 saturated heterocycles. The molecule has 1 heterocycles. The number of nitrogens with one attached hydrogen (secondary N) is 2. The first-order valence-electron chi connectivity index (χ1n) is 8.71. The molecule has 2 unspecified atom stereocenters. The second kappa shape index (κ2) is 6.46. The van der Waals surface area contributed by atoms with E-state index >= 15 is 0 Å². The van der Waals surface area contributed by atoms with Crippen molar-refractivity contribution in [1.82, 2.24) is 10.6 Å². The van der Waals surface area contributed by atoms with Gasteiger partial charge in [0, 0.05) is 13.0 Å². The van der Waals surface area contributed by atoms with Crippen LogP contribution in [0.1, 0.15) is 51.9 Å². The monoisotopic (exact) mass is 278 g/mol. The first-order valence-corrected chi connectivity index (χ1v) is 8.71. The third-order valence-corrected chi connectivity index (χ3v) is 5.64. The predicted octanol–water partition coefficient (Wildman–Crippen LogP) is 2.56. The largest absolute Gasteiger partial charge is 0.356 e. The van der Waals surface area contributed by atoms with Crippen molar-refractivity contribution in [3.05, 3.63) is 0 Å². The number of rotatable bonds is 7. The number of hydrogen-bond donors (Lipinski definition) is 2. The van der Waals surface area contributed by atoms with Gasteiger partial charge in [-0.1, -0.05) is 6.92 Å². The van der Waals surface area contributed by atoms with Crippen LogP contribution < -0.4 is 10.6 Å². The van der Waals surface area contributed by atoms with E-state index in [0.29, 0.717) is 18.3 Å². The van der Waals surface area contributed by atoms with Crippen molar-refractivity contribution >= 4 is 5.91 Å². The Morgan fingerprint density at radius 3 is 2.40 bits per heavy atom. The highest BCUT2D eigenvalue weighted by atomic mass is 16.1. The van der Waals surface area contributed by atoms with E-state index in [-0.39, 0.29) is 5.91 Å². The average molecular weight is 278 g/mol. The zero-order chi connectivity index (χ0) is 13.9. The molecule has 0 spiro atoms. The molecule has 0 aromatic rings. The fourth-order valence-electron chi connectivity index (χ4n) is 3.89. The lowest BCUT2D eigenvalue weighted by atomic mass is 9.85. The van der Waals surface area contributed by atoms with Crippen LogP contribution in [0.4, 0.5) is 0 Å². The summed E-state index contributed by atoms with van der Waals surface area (Å²) in [5, 5.41) is 6.69. The SMILES string of the molecule is CC(CC(=O)NCC(C1CC1)C1CC1)C1CCCNC1. The highest BCUT2D eigenvalue weighted by molar-refractivity contribution is 5.76. The van der Waals surface area contributed by atoms with Gasteiger partial charge < -0.3 is 10.6 Å². The van der Waals surface area contributed by atoms with E-state index in [0.717, 1.165) is 37.4 Å². The van der Waals surface area contributed by atoms with Crippen LogP contribution in [0.3, 0.4) is 0 Å². The highest BCUT2D eigenvalue weighted by Gasteiger charge is 2.41. The summed E-state index contributed by atoms with van der Waals surface area (Å²) >= 11 is 0. The van der Waals surface area contributed by atoms with Crippen LogP contribution in [0.25, 0.3) is 0 Å². The Kier molecular flexibility index (Phi) is 4.65. The van der Waals surface area contributed by atoms with Crippen molar-refractivity contribution in [2.75, 3.05) is 19.6 Å². The van der Waals surface area contributed by atoms with Crippen molar-refractivity contribution in [3.63, 3.8) is 0 Å². The maximum atomic E-state index is 12.2. The lowest BCUT2D eigenvalue weighted by Gasteiger charge is -2.28. The fourth-order valence-corrected chi connectivity index (χ4v) is 3.89. The smallest absolute Gasteiger partial charge is 0.220 e. The van der Waals surface area contributed by atoms with Gasteiger partial charge >= 0.3 is 0 Å². The van der Waals surface area contributed by atoms with Gasteiger partial charge in [-0.2, -0.15) is 0 Å². The molecule has 0 bridgehead atoms. The molecule has 3 rings (SSSR count). The van der Waals surface area contributed by atoms with E-state index in [1.165, 1.54) is 38.5 Å². The van der Waals surface area contributed by atoms with Crippen molar-refractivity contribution in [2.45, 2.75) is 51.9 Å². The van der Waals surface area contributed by atoms with Gasteiger partial charge in [0.15, 0.2) is 0 Å². The quantitative estimate of drug-likeness (QED) is 0.751. The molecule has 3 fully saturated rings. The van der Waals surface area contributed by atoms with Crippen molar-refractivity contribution in [2.24, 2.45) is 29.6 Å². The summed E-state index contributed by atoms with van der Waals surface area (Å²) in [5.74, 6) is 4.16. The van der Waals surface area contributed by atoms with E-state index in [4.69, 9.17) is 0 Å². The zero-order valence-corrected chi connectivity index (χ0v) is 12.9. The topological polar surface area (TPSA) is 41.1 Å². The summed E-state index contributed by atoms with van der Waals surface area (Å²) in [6.45, 7) is 5.45. The van der Waals surface area contributed by atoms with Crippen molar-refractivity contribution in [1.29, 1.82) is 0 Å². The van der Waals surface area contributed by atoms with Crippen LogP contribution in [0.15, 0.2) is 0 Å². The molecule has 2 N–H and O–H groups in total. The lowest BCUT2D eigenvalue weighted by Crippen LogP contribution is -2.37. The summed E-state index contributed by atoms with van der Waals surface area (Å²) in [5.41, 5.74) is 0. The second-order valence-electron chi connectivity index (χ2n) is 7.43. The van der Waals surface area contributed by atoms with Crippen LogP contribution in [0, 0.1) is 29.6 Å². The maximum absolute atomic E-state index is 12.2. The first-order chi connectivity index (χ1) is 9.74. The molecule has 2 aliphatic carbocycles. The summed E-state index contributed by atoms with van der Waals surface area (Å²) in [6, 6.07) is 0. The molecule has 2 atom stereocenters. The van der Waals surface area contributed by atoms with E-state index in [2.05, 4.69) is 17.6 Å². The average Bonchev–Trinajstić information content (AvgIpc) is 3.33. The second-order valence-corrected chi connectivity index (χ2v) is 7.43. The molecule has 0 aromatic heterocycles. The Labute approximate surface area is 123 Å². The van der Waals surface area contributed by atoms with Crippen LogP contribution in [-0.2, 0) is 4.79 Å². The van der Waals surface area contributed by atoms with Crippen LogP contribution >= 0.6 is 0 Å². The first kappa shape index (κ1) is 14.4. The minimum absolute atomic E-state index is 0.286. The molecular weight excluding hydrogens is 248 g/mol. The molecule has 3 nitrogen and oxygen atoms in total. The normalized spacial score (nSPS) is 28.4. The van der Waals surface area contributed by atoms with Crippen molar-refractivity contribution in [3.8, 4) is 0 Å². The number of piperidine rings is 1. The summed E-state index contributed by atoms with van der Waals surface area (Å²) in [7, 11) is 0. The summed E-state index contributed by atoms with van der Waals surface area (Å²) < 4.78 is 0. The molecule has 1 aliphatic heterocycles. The number of hydrogen-bond acceptors (Lipinski definition) is 2. The van der Waals surface area contributed by atoms with Gasteiger partial charge in [0.05, 0.1) is 0 Å². The Morgan fingerprint density at radius 2 is 1.85 bits per heavy atom. The molecule has 3 heteroatoms. The van der Waals surface area contributed by atoms with Crippen LogP contribution in [0.2, 0.25) is 0 Å². The predicted molar refractivity (Wildman–Crippen MR) is 81.3 cm³/mol. The molecule has 2 saturated carbocycles. The van der Waals surface area contributed by atoms with Gasteiger partial charge in [0.2, 0.25) is 5.91 Å². The van der Waals surface area contributed by atoms with E-state index < -0.39 is 0 Å². The van der Waals surface area contributed by atoms with Crippen molar-refractivity contribution < 1.29 is 4.79 Å². The molecule has 3 aliphatic rings. The van der Waals surface area contributed by atoms with Gasteiger partial charge in [-0.15, -0.1) is 0 Å². The van der Waals surface area contributed by atoms with E-state index in [9.17, 15) is 4.79 Å². The third-order valence-electron chi connectivity index (χ3n) is 5.64. The maximum Gasteiger partial charge on any atom is 0.220 e. The Hall–Kier alpha value is -0.570. The Morgan fingerprint density at radius 1 is 1.15 bits per heavy atom. The van der Waals surface area contributed by atoms with Gasteiger partial charge in [-0.05, 0) is 81.2 Å². The number of amides is 1. The lowest BCUT2D eigenvalue weighted by molar-refractivity contribution is -0.122.